The van der Waals surface area contributed by atoms with Crippen LogP contribution < -0.4 is 5.73 Å². The molecule has 4 N–H and O–H groups in total. The summed E-state index contributed by atoms with van der Waals surface area (Å²) in [5.41, 5.74) is 4.66. The molecule has 0 unspecified atom stereocenters. The first-order chi connectivity index (χ1) is 5.65. The zero-order valence-corrected chi connectivity index (χ0v) is 7.14. The molecule has 0 saturated heterocycles. The van der Waals surface area contributed by atoms with Crippen LogP contribution in [0, 0.1) is 0 Å². The Bertz CT molecular complexity index is 312. The lowest BCUT2D eigenvalue weighted by Crippen LogP contribution is -2.47. The molecular weight excluding hydrogens is 178 g/mol. The third kappa shape index (κ3) is 1.75. The molecule has 64 valence electrons. The van der Waals surface area contributed by atoms with E-state index in [0.717, 1.165) is 5.56 Å². The molecule has 0 aliphatic carbocycles. The number of carbonyl (C=O) groups is 1. The van der Waals surface area contributed by atoms with Gasteiger partial charge in [0.25, 0.3) is 0 Å². The van der Waals surface area contributed by atoms with Crippen molar-refractivity contribution in [2.45, 2.75) is 6.54 Å². The first-order valence-electron chi connectivity index (χ1n) is 3.46. The Morgan fingerprint density at radius 1 is 1.58 bits per heavy atom. The third-order valence-electron chi connectivity index (χ3n) is 1.55. The van der Waals surface area contributed by atoms with Crippen LogP contribution in [-0.4, -0.2) is 11.1 Å². The normalized spacial score (nSPS) is 9.83. The smallest absolute Gasteiger partial charge is 0.337 e. The highest BCUT2D eigenvalue weighted by atomic mass is 35.5. The molecule has 1 rings (SSSR count). The average molecular weight is 187 g/mol. The van der Waals surface area contributed by atoms with Gasteiger partial charge < -0.3 is 10.8 Å². The van der Waals surface area contributed by atoms with Gasteiger partial charge >= 0.3 is 5.97 Å². The molecule has 0 saturated carbocycles. The van der Waals surface area contributed by atoms with Crippen molar-refractivity contribution >= 4 is 17.6 Å². The van der Waals surface area contributed by atoms with Crippen LogP contribution in [0.1, 0.15) is 15.9 Å². The highest BCUT2D eigenvalue weighted by molar-refractivity contribution is 6.33. The fourth-order valence-electron chi connectivity index (χ4n) is 0.892. The van der Waals surface area contributed by atoms with E-state index in [1.165, 1.54) is 6.07 Å². The summed E-state index contributed by atoms with van der Waals surface area (Å²) in [7, 11) is 0. The quantitative estimate of drug-likeness (QED) is 0.717. The van der Waals surface area contributed by atoms with Crippen LogP contribution in [0.25, 0.3) is 0 Å². The number of carboxylic acid groups (broad SMARTS) is 1. The lowest BCUT2D eigenvalue weighted by atomic mass is 10.1. The van der Waals surface area contributed by atoms with Crippen LogP contribution in [0.2, 0.25) is 5.02 Å². The van der Waals surface area contributed by atoms with E-state index in [9.17, 15) is 4.79 Å². The van der Waals surface area contributed by atoms with Gasteiger partial charge in [-0.05, 0) is 12.1 Å². The molecule has 4 heteroatoms. The van der Waals surface area contributed by atoms with Crippen molar-refractivity contribution in [2.24, 2.45) is 0 Å². The SMILES string of the molecule is [NH3+]Cc1ccc(Cl)c(C(=O)O)c1. The summed E-state index contributed by atoms with van der Waals surface area (Å²) in [4.78, 5) is 10.6. The van der Waals surface area contributed by atoms with Crippen molar-refractivity contribution in [3.8, 4) is 0 Å². The van der Waals surface area contributed by atoms with Crippen LogP contribution in [-0.2, 0) is 6.54 Å². The van der Waals surface area contributed by atoms with Gasteiger partial charge in [0.15, 0.2) is 0 Å². The zero-order chi connectivity index (χ0) is 9.14. The van der Waals surface area contributed by atoms with E-state index in [1.54, 1.807) is 12.1 Å². The van der Waals surface area contributed by atoms with Gasteiger partial charge in [-0.3, -0.25) is 0 Å². The Morgan fingerprint density at radius 3 is 2.75 bits per heavy atom. The number of hydrogen-bond acceptors (Lipinski definition) is 1. The predicted molar refractivity (Wildman–Crippen MR) is 45.0 cm³/mol. The van der Waals surface area contributed by atoms with Crippen LogP contribution >= 0.6 is 11.6 Å². The number of quaternary nitrogens is 1. The van der Waals surface area contributed by atoms with Gasteiger partial charge in [0.05, 0.1) is 17.1 Å². The van der Waals surface area contributed by atoms with Gasteiger partial charge in [-0.1, -0.05) is 17.7 Å². The Hall–Kier alpha value is -1.06. The van der Waals surface area contributed by atoms with Crippen molar-refractivity contribution in [1.82, 2.24) is 0 Å². The van der Waals surface area contributed by atoms with E-state index < -0.39 is 5.97 Å². The van der Waals surface area contributed by atoms with Crippen LogP contribution in [0.15, 0.2) is 18.2 Å². The number of aromatic carboxylic acids is 1. The molecule has 0 heterocycles. The highest BCUT2D eigenvalue weighted by Crippen LogP contribution is 2.16. The van der Waals surface area contributed by atoms with Crippen LogP contribution in [0.3, 0.4) is 0 Å². The largest absolute Gasteiger partial charge is 0.478 e. The van der Waals surface area contributed by atoms with Gasteiger partial charge in [0, 0.05) is 5.56 Å². The second-order valence-electron chi connectivity index (χ2n) is 2.37. The third-order valence-corrected chi connectivity index (χ3v) is 1.88. The van der Waals surface area contributed by atoms with Crippen molar-refractivity contribution < 1.29 is 15.6 Å². The fourth-order valence-corrected chi connectivity index (χ4v) is 1.09. The summed E-state index contributed by atoms with van der Waals surface area (Å²) in [5.74, 6) is -1.00. The molecule has 1 aromatic carbocycles. The number of carboxylic acids is 1. The summed E-state index contributed by atoms with van der Waals surface area (Å²) < 4.78 is 0. The molecule has 12 heavy (non-hydrogen) atoms. The Morgan fingerprint density at radius 2 is 2.25 bits per heavy atom. The zero-order valence-electron chi connectivity index (χ0n) is 6.38. The second-order valence-corrected chi connectivity index (χ2v) is 2.78. The van der Waals surface area contributed by atoms with E-state index in [4.69, 9.17) is 16.7 Å². The van der Waals surface area contributed by atoms with Crippen LogP contribution in [0.5, 0.6) is 0 Å². The molecule has 0 aromatic heterocycles. The van der Waals surface area contributed by atoms with Crippen molar-refractivity contribution in [3.05, 3.63) is 34.3 Å². The molecule has 0 amide bonds. The molecule has 3 nitrogen and oxygen atoms in total. The topological polar surface area (TPSA) is 64.9 Å². The Balaban J connectivity index is 3.17. The van der Waals surface area contributed by atoms with Gasteiger partial charge in [0.2, 0.25) is 0 Å². The van der Waals surface area contributed by atoms with Crippen molar-refractivity contribution in [2.75, 3.05) is 0 Å². The molecule has 0 aliphatic heterocycles. The summed E-state index contributed by atoms with van der Waals surface area (Å²) in [6, 6.07) is 4.88. The van der Waals surface area contributed by atoms with Gasteiger partial charge in [-0.15, -0.1) is 0 Å². The first kappa shape index (κ1) is 9.03. The van der Waals surface area contributed by atoms with Gasteiger partial charge in [-0.25, -0.2) is 4.79 Å². The number of benzene rings is 1. The summed E-state index contributed by atoms with van der Waals surface area (Å²) >= 11 is 5.65. The molecule has 0 spiro atoms. The Labute approximate surface area is 74.8 Å². The van der Waals surface area contributed by atoms with Gasteiger partial charge in [-0.2, -0.15) is 0 Å². The molecule has 0 aliphatic rings. The minimum Gasteiger partial charge on any atom is -0.478 e. The Kier molecular flexibility index (Phi) is 2.68. The molecule has 1 aromatic rings. The lowest BCUT2D eigenvalue weighted by molar-refractivity contribution is -0.386. The van der Waals surface area contributed by atoms with E-state index >= 15 is 0 Å². The second kappa shape index (κ2) is 3.56. The van der Waals surface area contributed by atoms with E-state index in [0.29, 0.717) is 6.54 Å². The van der Waals surface area contributed by atoms with Crippen LogP contribution in [0.4, 0.5) is 0 Å². The monoisotopic (exact) mass is 186 g/mol. The maximum absolute atomic E-state index is 10.6. The average Bonchev–Trinajstić information content (AvgIpc) is 2.05. The highest BCUT2D eigenvalue weighted by Gasteiger charge is 2.08. The summed E-state index contributed by atoms with van der Waals surface area (Å²) in [5, 5.41) is 8.94. The summed E-state index contributed by atoms with van der Waals surface area (Å²) in [6.07, 6.45) is 0. The maximum atomic E-state index is 10.6. The van der Waals surface area contributed by atoms with Gasteiger partial charge in [0.1, 0.15) is 0 Å². The minimum atomic E-state index is -1.00. The van der Waals surface area contributed by atoms with Crippen molar-refractivity contribution in [1.29, 1.82) is 0 Å². The molecule has 0 bridgehead atoms. The predicted octanol–water partition coefficient (Wildman–Crippen LogP) is 0.780. The molecule has 0 fully saturated rings. The molecule has 0 radical (unpaired) electrons. The fraction of sp³-hybridized carbons (Fsp3) is 0.125. The lowest BCUT2D eigenvalue weighted by Gasteiger charge is -1.99. The number of rotatable bonds is 2. The van der Waals surface area contributed by atoms with Crippen molar-refractivity contribution in [3.63, 3.8) is 0 Å². The first-order valence-corrected chi connectivity index (χ1v) is 3.84. The van der Waals surface area contributed by atoms with E-state index in [1.807, 2.05) is 0 Å². The standard InChI is InChI=1S/C8H8ClNO2/c9-7-2-1-5(4-10)3-6(7)8(11)12/h1-3H,4,10H2,(H,11,12)/p+1. The molecular formula is C8H9ClNO2+. The number of halogens is 1. The van der Waals surface area contributed by atoms with E-state index in [2.05, 4.69) is 5.73 Å². The number of hydrogen-bond donors (Lipinski definition) is 2. The summed E-state index contributed by atoms with van der Waals surface area (Å²) in [6.45, 7) is 0.567. The molecule has 0 atom stereocenters. The maximum Gasteiger partial charge on any atom is 0.337 e. The van der Waals surface area contributed by atoms with E-state index in [-0.39, 0.29) is 10.6 Å². The minimum absolute atomic E-state index is 0.137.